The SMILES string of the molecule is Cc1cc2cc(Cl)c(OCc3ccccn3)cc2[nH]c1=O. The fraction of sp³-hybridized carbons (Fsp3) is 0.125. The monoisotopic (exact) mass is 300 g/mol. The molecule has 0 spiro atoms. The predicted octanol–water partition coefficient (Wildman–Crippen LogP) is 3.46. The first-order chi connectivity index (χ1) is 10.1. The van der Waals surface area contributed by atoms with Crippen molar-refractivity contribution in [1.29, 1.82) is 0 Å². The number of fused-ring (bicyclic) bond motifs is 1. The van der Waals surface area contributed by atoms with Crippen LogP contribution in [0.5, 0.6) is 5.75 Å². The lowest BCUT2D eigenvalue weighted by Crippen LogP contribution is -2.08. The number of ether oxygens (including phenoxy) is 1. The molecule has 0 saturated carbocycles. The summed E-state index contributed by atoms with van der Waals surface area (Å²) in [5, 5.41) is 1.38. The summed E-state index contributed by atoms with van der Waals surface area (Å²) in [6.07, 6.45) is 1.71. The van der Waals surface area contributed by atoms with Crippen molar-refractivity contribution in [2.45, 2.75) is 13.5 Å². The van der Waals surface area contributed by atoms with E-state index in [0.717, 1.165) is 11.1 Å². The third kappa shape index (κ3) is 2.90. The molecule has 0 fully saturated rings. The van der Waals surface area contributed by atoms with E-state index in [1.807, 2.05) is 24.3 Å². The molecule has 5 heteroatoms. The van der Waals surface area contributed by atoms with E-state index in [1.54, 1.807) is 25.3 Å². The standard InChI is InChI=1S/C16H13ClN2O2/c1-10-6-11-7-13(17)15(8-14(11)19-16(10)20)21-9-12-4-2-3-5-18-12/h2-8H,9H2,1H3,(H,19,20). The average Bonchev–Trinajstić information content (AvgIpc) is 2.48. The Bertz CT molecular complexity index is 844. The molecule has 0 aliphatic rings. The van der Waals surface area contributed by atoms with Crippen LogP contribution in [0.1, 0.15) is 11.3 Å². The van der Waals surface area contributed by atoms with Gasteiger partial charge in [0.15, 0.2) is 0 Å². The van der Waals surface area contributed by atoms with Gasteiger partial charge in [0.05, 0.1) is 16.2 Å². The first-order valence-electron chi connectivity index (χ1n) is 6.49. The number of aromatic amines is 1. The lowest BCUT2D eigenvalue weighted by Gasteiger charge is -2.09. The smallest absolute Gasteiger partial charge is 0.251 e. The van der Waals surface area contributed by atoms with Crippen LogP contribution in [-0.2, 0) is 6.61 Å². The molecular formula is C16H13ClN2O2. The maximum atomic E-state index is 11.7. The van der Waals surface area contributed by atoms with E-state index in [9.17, 15) is 4.79 Å². The average molecular weight is 301 g/mol. The largest absolute Gasteiger partial charge is 0.486 e. The molecule has 4 nitrogen and oxygen atoms in total. The quantitative estimate of drug-likeness (QED) is 0.806. The Balaban J connectivity index is 1.93. The van der Waals surface area contributed by atoms with Gasteiger partial charge in [-0.2, -0.15) is 0 Å². The van der Waals surface area contributed by atoms with Gasteiger partial charge < -0.3 is 9.72 Å². The Morgan fingerprint density at radius 1 is 1.29 bits per heavy atom. The molecule has 1 N–H and O–H groups in total. The molecule has 1 aromatic carbocycles. The summed E-state index contributed by atoms with van der Waals surface area (Å²) >= 11 is 6.22. The van der Waals surface area contributed by atoms with Gasteiger partial charge in [-0.15, -0.1) is 0 Å². The summed E-state index contributed by atoms with van der Waals surface area (Å²) < 4.78 is 5.68. The summed E-state index contributed by atoms with van der Waals surface area (Å²) in [5.41, 5.74) is 2.05. The third-order valence-electron chi connectivity index (χ3n) is 3.18. The van der Waals surface area contributed by atoms with Crippen molar-refractivity contribution >= 4 is 22.5 Å². The van der Waals surface area contributed by atoms with Crippen LogP contribution in [0.3, 0.4) is 0 Å². The highest BCUT2D eigenvalue weighted by atomic mass is 35.5. The zero-order valence-corrected chi connectivity index (χ0v) is 12.1. The molecule has 21 heavy (non-hydrogen) atoms. The molecule has 2 aromatic heterocycles. The molecule has 106 valence electrons. The number of nitrogens with one attached hydrogen (secondary N) is 1. The first kappa shape index (κ1) is 13.6. The van der Waals surface area contributed by atoms with Gasteiger partial charge in [0.2, 0.25) is 0 Å². The highest BCUT2D eigenvalue weighted by Gasteiger charge is 2.07. The third-order valence-corrected chi connectivity index (χ3v) is 3.48. The predicted molar refractivity (Wildman–Crippen MR) is 82.9 cm³/mol. The van der Waals surface area contributed by atoms with E-state index in [1.165, 1.54) is 0 Å². The van der Waals surface area contributed by atoms with Crippen LogP contribution < -0.4 is 10.3 Å². The second-order valence-electron chi connectivity index (χ2n) is 4.76. The second-order valence-corrected chi connectivity index (χ2v) is 5.17. The molecule has 0 unspecified atom stereocenters. The summed E-state index contributed by atoms with van der Waals surface area (Å²) in [5.74, 6) is 0.523. The van der Waals surface area contributed by atoms with Crippen LogP contribution in [-0.4, -0.2) is 9.97 Å². The van der Waals surface area contributed by atoms with Crippen molar-refractivity contribution < 1.29 is 4.74 Å². The van der Waals surface area contributed by atoms with E-state index in [2.05, 4.69) is 9.97 Å². The van der Waals surface area contributed by atoms with Crippen molar-refractivity contribution in [2.24, 2.45) is 0 Å². The van der Waals surface area contributed by atoms with Crippen LogP contribution in [0.15, 0.2) is 47.4 Å². The van der Waals surface area contributed by atoms with Crippen LogP contribution in [0.4, 0.5) is 0 Å². The number of rotatable bonds is 3. The molecule has 0 aliphatic carbocycles. The van der Waals surface area contributed by atoms with Crippen LogP contribution >= 0.6 is 11.6 Å². The van der Waals surface area contributed by atoms with Crippen molar-refractivity contribution in [3.63, 3.8) is 0 Å². The van der Waals surface area contributed by atoms with Gasteiger partial charge in [-0.05, 0) is 31.2 Å². The molecule has 0 saturated heterocycles. The van der Waals surface area contributed by atoms with Gasteiger partial charge in [-0.3, -0.25) is 9.78 Å². The Hall–Kier alpha value is -2.33. The lowest BCUT2D eigenvalue weighted by atomic mass is 10.1. The molecule has 3 rings (SSSR count). The zero-order chi connectivity index (χ0) is 14.8. The van der Waals surface area contributed by atoms with Crippen LogP contribution in [0.25, 0.3) is 10.9 Å². The van der Waals surface area contributed by atoms with Crippen molar-refractivity contribution in [1.82, 2.24) is 9.97 Å². The van der Waals surface area contributed by atoms with E-state index >= 15 is 0 Å². The molecule has 0 bridgehead atoms. The number of aryl methyl sites for hydroxylation is 1. The fourth-order valence-electron chi connectivity index (χ4n) is 2.06. The lowest BCUT2D eigenvalue weighted by molar-refractivity contribution is 0.302. The summed E-state index contributed by atoms with van der Waals surface area (Å²) in [6, 6.07) is 10.9. The number of halogens is 1. The minimum absolute atomic E-state index is 0.111. The summed E-state index contributed by atoms with van der Waals surface area (Å²) in [7, 11) is 0. The van der Waals surface area contributed by atoms with Gasteiger partial charge >= 0.3 is 0 Å². The molecule has 3 aromatic rings. The van der Waals surface area contributed by atoms with Gasteiger partial charge in [-0.25, -0.2) is 0 Å². The van der Waals surface area contributed by atoms with Crippen molar-refractivity contribution in [3.8, 4) is 5.75 Å². The Morgan fingerprint density at radius 2 is 2.14 bits per heavy atom. The minimum atomic E-state index is -0.111. The fourth-order valence-corrected chi connectivity index (χ4v) is 2.29. The highest BCUT2D eigenvalue weighted by molar-refractivity contribution is 6.32. The number of H-pyrrole nitrogens is 1. The number of nitrogens with zero attached hydrogens (tertiary/aromatic N) is 1. The van der Waals surface area contributed by atoms with Gasteiger partial charge in [0.1, 0.15) is 12.4 Å². The maximum absolute atomic E-state index is 11.7. The number of aromatic nitrogens is 2. The number of pyridine rings is 2. The molecule has 0 radical (unpaired) electrons. The normalized spacial score (nSPS) is 10.8. The van der Waals surface area contributed by atoms with Crippen molar-refractivity contribution in [3.05, 3.63) is 69.2 Å². The Kier molecular flexibility index (Phi) is 3.62. The number of hydrogen-bond acceptors (Lipinski definition) is 3. The van der Waals surface area contributed by atoms with E-state index in [4.69, 9.17) is 16.3 Å². The minimum Gasteiger partial charge on any atom is -0.486 e. The van der Waals surface area contributed by atoms with Crippen molar-refractivity contribution in [2.75, 3.05) is 0 Å². The van der Waals surface area contributed by atoms with Crippen LogP contribution in [0.2, 0.25) is 5.02 Å². The van der Waals surface area contributed by atoms with Gasteiger partial charge in [0, 0.05) is 23.2 Å². The Labute approximate surface area is 126 Å². The topological polar surface area (TPSA) is 55.0 Å². The maximum Gasteiger partial charge on any atom is 0.251 e. The molecule has 0 aliphatic heterocycles. The summed E-state index contributed by atoms with van der Waals surface area (Å²) in [6.45, 7) is 2.08. The number of benzene rings is 1. The van der Waals surface area contributed by atoms with Gasteiger partial charge in [-0.1, -0.05) is 17.7 Å². The first-order valence-corrected chi connectivity index (χ1v) is 6.87. The van der Waals surface area contributed by atoms with Crippen LogP contribution in [0, 0.1) is 6.92 Å². The Morgan fingerprint density at radius 3 is 2.90 bits per heavy atom. The summed E-state index contributed by atoms with van der Waals surface area (Å²) in [4.78, 5) is 18.7. The molecule has 0 amide bonds. The molecular weight excluding hydrogens is 288 g/mol. The highest BCUT2D eigenvalue weighted by Crippen LogP contribution is 2.29. The van der Waals surface area contributed by atoms with E-state index in [-0.39, 0.29) is 5.56 Å². The zero-order valence-electron chi connectivity index (χ0n) is 11.4. The van der Waals surface area contributed by atoms with Gasteiger partial charge in [0.25, 0.3) is 5.56 Å². The van der Waals surface area contributed by atoms with E-state index in [0.29, 0.717) is 28.5 Å². The number of hydrogen-bond donors (Lipinski definition) is 1. The molecule has 0 atom stereocenters. The second kappa shape index (κ2) is 5.58. The molecule has 2 heterocycles. The van der Waals surface area contributed by atoms with E-state index < -0.39 is 0 Å².